The van der Waals surface area contributed by atoms with Crippen LogP contribution in [-0.2, 0) is 19.4 Å². The number of Topliss-reactive ketones (excluding diaryl/α,β-unsaturated/α-hetero) is 1. The van der Waals surface area contributed by atoms with Crippen LogP contribution in [0.1, 0.15) is 45.6 Å². The first-order chi connectivity index (χ1) is 16.1. The Balaban J connectivity index is 1.43. The van der Waals surface area contributed by atoms with Gasteiger partial charge >= 0.3 is 0 Å². The van der Waals surface area contributed by atoms with E-state index in [1.54, 1.807) is 7.05 Å². The van der Waals surface area contributed by atoms with Crippen molar-refractivity contribution in [2.75, 3.05) is 7.05 Å². The molecule has 1 unspecified atom stereocenters. The van der Waals surface area contributed by atoms with Crippen LogP contribution in [0.15, 0.2) is 82.3 Å². The minimum Gasteiger partial charge on any atom is -0.340 e. The summed E-state index contributed by atoms with van der Waals surface area (Å²) in [7, 11) is 1.80. The van der Waals surface area contributed by atoms with Crippen molar-refractivity contribution in [3.8, 4) is 0 Å². The Hall–Kier alpha value is -2.98. The lowest BCUT2D eigenvalue weighted by atomic mass is 9.83. The van der Waals surface area contributed by atoms with Crippen molar-refractivity contribution in [3.05, 3.63) is 105 Å². The van der Waals surface area contributed by atoms with Crippen molar-refractivity contribution in [2.24, 2.45) is 10.9 Å². The normalized spacial score (nSPS) is 15.8. The number of aliphatic imine (C=N–C) groups is 1. The zero-order valence-electron chi connectivity index (χ0n) is 18.8. The van der Waals surface area contributed by atoms with E-state index >= 15 is 0 Å². The van der Waals surface area contributed by atoms with E-state index in [0.717, 1.165) is 41.4 Å². The van der Waals surface area contributed by atoms with Gasteiger partial charge in [0, 0.05) is 52.9 Å². The lowest BCUT2D eigenvalue weighted by Gasteiger charge is -2.24. The second kappa shape index (κ2) is 9.48. The Morgan fingerprint density at radius 2 is 1.82 bits per heavy atom. The summed E-state index contributed by atoms with van der Waals surface area (Å²) in [6.45, 7) is 0.840. The molecule has 0 spiro atoms. The zero-order valence-corrected chi connectivity index (χ0v) is 20.4. The van der Waals surface area contributed by atoms with Crippen LogP contribution >= 0.6 is 15.9 Å². The van der Waals surface area contributed by atoms with Gasteiger partial charge < -0.3 is 4.57 Å². The smallest absolute Gasteiger partial charge is 0.163 e. The number of carbonyl (C=O) groups excluding carboxylic acids is 1. The van der Waals surface area contributed by atoms with Gasteiger partial charge in [-0.1, -0.05) is 70.5 Å². The van der Waals surface area contributed by atoms with Crippen molar-refractivity contribution in [2.45, 2.75) is 32.2 Å². The van der Waals surface area contributed by atoms with Gasteiger partial charge in [0.2, 0.25) is 0 Å². The molecule has 166 valence electrons. The molecule has 33 heavy (non-hydrogen) atoms. The average molecular weight is 499 g/mol. The number of hydrogen-bond donors (Lipinski definition) is 0. The number of hydrogen-bond acceptors (Lipinski definition) is 2. The van der Waals surface area contributed by atoms with E-state index in [4.69, 9.17) is 0 Å². The number of rotatable bonds is 6. The maximum atomic E-state index is 12.9. The van der Waals surface area contributed by atoms with Crippen LogP contribution in [0.3, 0.4) is 0 Å². The molecule has 0 fully saturated rings. The molecular weight excluding hydrogens is 472 g/mol. The summed E-state index contributed by atoms with van der Waals surface area (Å²) < 4.78 is 3.48. The molecule has 5 rings (SSSR count). The monoisotopic (exact) mass is 498 g/mol. The molecule has 0 saturated heterocycles. The number of carbonyl (C=O) groups is 1. The fourth-order valence-electron chi connectivity index (χ4n) is 5.08. The number of fused-ring (bicyclic) bond motifs is 3. The van der Waals surface area contributed by atoms with Gasteiger partial charge in [-0.05, 0) is 60.1 Å². The molecule has 1 heterocycles. The highest BCUT2D eigenvalue weighted by Crippen LogP contribution is 2.36. The third kappa shape index (κ3) is 4.58. The Labute approximate surface area is 203 Å². The van der Waals surface area contributed by atoms with Crippen molar-refractivity contribution in [1.29, 1.82) is 0 Å². The fourth-order valence-corrected chi connectivity index (χ4v) is 5.34. The first-order valence-electron chi connectivity index (χ1n) is 11.5. The molecule has 0 N–H and O–H groups in total. The van der Waals surface area contributed by atoms with Crippen molar-refractivity contribution < 1.29 is 4.79 Å². The predicted octanol–water partition coefficient (Wildman–Crippen LogP) is 6.88. The van der Waals surface area contributed by atoms with Crippen molar-refractivity contribution in [3.63, 3.8) is 0 Å². The third-order valence-electron chi connectivity index (χ3n) is 6.72. The number of para-hydroxylation sites is 1. The van der Waals surface area contributed by atoms with Gasteiger partial charge in [0.05, 0.1) is 0 Å². The van der Waals surface area contributed by atoms with Gasteiger partial charge in [0.15, 0.2) is 5.78 Å². The largest absolute Gasteiger partial charge is 0.340 e. The summed E-state index contributed by atoms with van der Waals surface area (Å²) >= 11 is 3.45. The third-order valence-corrected chi connectivity index (χ3v) is 7.25. The standard InChI is InChI=1S/C29H27BrN2O/c1-31-18-20-6-8-21(9-7-20)19-32-27-5-3-2-4-25(27)26-15-10-22(16-28(26)32)17-29(33)23-11-13-24(30)14-12-23/h2-9,11-14,18,22H,10,15-17,19H2,1H3. The van der Waals surface area contributed by atoms with E-state index in [9.17, 15) is 4.79 Å². The van der Waals surface area contributed by atoms with Gasteiger partial charge in [-0.15, -0.1) is 0 Å². The number of aromatic nitrogens is 1. The Bertz CT molecular complexity index is 1320. The van der Waals surface area contributed by atoms with Crippen molar-refractivity contribution in [1.82, 2.24) is 4.57 Å². The highest BCUT2D eigenvalue weighted by molar-refractivity contribution is 9.10. The summed E-state index contributed by atoms with van der Waals surface area (Å²) in [4.78, 5) is 17.0. The minimum absolute atomic E-state index is 0.242. The molecule has 0 aliphatic heterocycles. The summed E-state index contributed by atoms with van der Waals surface area (Å²) in [6, 6.07) is 25.1. The van der Waals surface area contributed by atoms with E-state index < -0.39 is 0 Å². The van der Waals surface area contributed by atoms with Crippen molar-refractivity contribution >= 4 is 38.8 Å². The zero-order chi connectivity index (χ0) is 22.8. The number of nitrogens with zero attached hydrogens (tertiary/aromatic N) is 2. The molecule has 4 heteroatoms. The van der Waals surface area contributed by atoms with E-state index in [1.165, 1.54) is 27.7 Å². The highest BCUT2D eigenvalue weighted by Gasteiger charge is 2.27. The molecule has 3 aromatic carbocycles. The summed E-state index contributed by atoms with van der Waals surface area (Å²) in [5.41, 5.74) is 7.36. The van der Waals surface area contributed by atoms with E-state index in [1.807, 2.05) is 30.5 Å². The second-order valence-electron chi connectivity index (χ2n) is 8.90. The van der Waals surface area contributed by atoms with Crippen LogP contribution in [0.4, 0.5) is 0 Å². The van der Waals surface area contributed by atoms with Gasteiger partial charge in [0.1, 0.15) is 0 Å². The lowest BCUT2D eigenvalue weighted by Crippen LogP contribution is -2.20. The summed E-state index contributed by atoms with van der Waals surface area (Å²) in [5.74, 6) is 0.617. The number of aryl methyl sites for hydroxylation is 1. The molecule has 0 amide bonds. The van der Waals surface area contributed by atoms with Gasteiger partial charge in [-0.25, -0.2) is 0 Å². The molecular formula is C29H27BrN2O. The molecule has 4 aromatic rings. The van der Waals surface area contributed by atoms with Crippen LogP contribution in [0, 0.1) is 5.92 Å². The Morgan fingerprint density at radius 3 is 2.58 bits per heavy atom. The number of ketones is 1. The molecule has 1 aliphatic rings. The molecule has 1 aromatic heterocycles. The van der Waals surface area contributed by atoms with Crippen LogP contribution in [0.2, 0.25) is 0 Å². The van der Waals surface area contributed by atoms with Gasteiger partial charge in [-0.3, -0.25) is 9.79 Å². The fraction of sp³-hybridized carbons (Fsp3) is 0.241. The summed E-state index contributed by atoms with van der Waals surface area (Å²) in [5, 5.41) is 1.36. The Kier molecular flexibility index (Phi) is 6.28. The quantitative estimate of drug-likeness (QED) is 0.210. The summed E-state index contributed by atoms with van der Waals surface area (Å²) in [6.07, 6.45) is 5.53. The van der Waals surface area contributed by atoms with Crippen LogP contribution in [0.25, 0.3) is 10.9 Å². The highest BCUT2D eigenvalue weighted by atomic mass is 79.9. The SMILES string of the molecule is CN=Cc1ccc(Cn2c3c(c4ccccc42)CCC(CC(=O)c2ccc(Br)cc2)C3)cc1. The lowest BCUT2D eigenvalue weighted by molar-refractivity contribution is 0.0957. The maximum Gasteiger partial charge on any atom is 0.163 e. The van der Waals surface area contributed by atoms with Gasteiger partial charge in [0.25, 0.3) is 0 Å². The van der Waals surface area contributed by atoms with Crippen LogP contribution < -0.4 is 0 Å². The minimum atomic E-state index is 0.242. The topological polar surface area (TPSA) is 34.4 Å². The molecule has 0 radical (unpaired) electrons. The number of benzene rings is 3. The van der Waals surface area contributed by atoms with Crippen LogP contribution in [-0.4, -0.2) is 23.6 Å². The molecule has 1 atom stereocenters. The maximum absolute atomic E-state index is 12.9. The van der Waals surface area contributed by atoms with Gasteiger partial charge in [-0.2, -0.15) is 0 Å². The molecule has 0 bridgehead atoms. The number of halogens is 1. The first-order valence-corrected chi connectivity index (χ1v) is 12.3. The molecule has 3 nitrogen and oxygen atoms in total. The molecule has 1 aliphatic carbocycles. The average Bonchev–Trinajstić information content (AvgIpc) is 3.14. The second-order valence-corrected chi connectivity index (χ2v) is 9.82. The molecule has 0 saturated carbocycles. The van der Waals surface area contributed by atoms with Crippen LogP contribution in [0.5, 0.6) is 0 Å². The Morgan fingerprint density at radius 1 is 1.06 bits per heavy atom. The van der Waals surface area contributed by atoms with E-state index in [2.05, 4.69) is 74.0 Å². The first kappa shape index (κ1) is 21.8. The predicted molar refractivity (Wildman–Crippen MR) is 140 cm³/mol. The van der Waals surface area contributed by atoms with E-state index in [-0.39, 0.29) is 5.78 Å². The van der Waals surface area contributed by atoms with E-state index in [0.29, 0.717) is 12.3 Å².